The summed E-state index contributed by atoms with van der Waals surface area (Å²) in [6.07, 6.45) is 3.63. The van der Waals surface area contributed by atoms with Crippen LogP contribution in [-0.4, -0.2) is 26.3 Å². The third-order valence-electron chi connectivity index (χ3n) is 3.10. The van der Waals surface area contributed by atoms with Gasteiger partial charge in [-0.25, -0.2) is 0 Å². The van der Waals surface area contributed by atoms with Crippen molar-refractivity contribution in [3.8, 4) is 0 Å². The molecule has 0 aliphatic carbocycles. The first kappa shape index (κ1) is 14.7. The van der Waals surface area contributed by atoms with Crippen LogP contribution in [0.4, 0.5) is 0 Å². The largest absolute Gasteiger partial charge is 0.382 e. The van der Waals surface area contributed by atoms with Gasteiger partial charge in [-0.05, 0) is 50.9 Å². The summed E-state index contributed by atoms with van der Waals surface area (Å²) in [6.45, 7) is 2.12. The molecule has 0 heterocycles. The SMILES string of the molecule is CNC(CCC(C)OC)Cc1cccc(Br)c1. The second kappa shape index (κ2) is 7.85. The number of rotatable bonds is 7. The van der Waals surface area contributed by atoms with Crippen molar-refractivity contribution in [3.05, 3.63) is 34.3 Å². The highest BCUT2D eigenvalue weighted by Crippen LogP contribution is 2.15. The first-order valence-electron chi connectivity index (χ1n) is 6.10. The number of methoxy groups -OCH3 is 1. The Morgan fingerprint density at radius 1 is 1.35 bits per heavy atom. The van der Waals surface area contributed by atoms with Crippen molar-refractivity contribution in [2.24, 2.45) is 0 Å². The molecule has 0 radical (unpaired) electrons. The summed E-state index contributed by atoms with van der Waals surface area (Å²) in [5, 5.41) is 3.38. The van der Waals surface area contributed by atoms with Crippen LogP contribution in [0.2, 0.25) is 0 Å². The van der Waals surface area contributed by atoms with Crippen LogP contribution < -0.4 is 5.32 Å². The maximum atomic E-state index is 5.28. The number of likely N-dealkylation sites (N-methyl/N-ethyl adjacent to an activating group) is 1. The summed E-state index contributed by atoms with van der Waals surface area (Å²) >= 11 is 3.51. The van der Waals surface area contributed by atoms with E-state index < -0.39 is 0 Å². The van der Waals surface area contributed by atoms with Gasteiger partial charge in [0.15, 0.2) is 0 Å². The van der Waals surface area contributed by atoms with Crippen molar-refractivity contribution in [2.45, 2.75) is 38.3 Å². The zero-order chi connectivity index (χ0) is 12.7. The van der Waals surface area contributed by atoms with Crippen molar-refractivity contribution in [1.29, 1.82) is 0 Å². The lowest BCUT2D eigenvalue weighted by Gasteiger charge is -2.18. The number of hydrogen-bond acceptors (Lipinski definition) is 2. The van der Waals surface area contributed by atoms with Crippen molar-refractivity contribution < 1.29 is 4.74 Å². The average molecular weight is 300 g/mol. The van der Waals surface area contributed by atoms with E-state index in [-0.39, 0.29) is 0 Å². The molecule has 0 spiro atoms. The zero-order valence-corrected chi connectivity index (χ0v) is 12.5. The lowest BCUT2D eigenvalue weighted by molar-refractivity contribution is 0.106. The topological polar surface area (TPSA) is 21.3 Å². The Balaban J connectivity index is 2.46. The molecule has 0 aliphatic heterocycles. The lowest BCUT2D eigenvalue weighted by atomic mass is 10.0. The van der Waals surface area contributed by atoms with Gasteiger partial charge in [0.1, 0.15) is 0 Å². The van der Waals surface area contributed by atoms with Crippen LogP contribution in [0.3, 0.4) is 0 Å². The number of ether oxygens (including phenoxy) is 1. The monoisotopic (exact) mass is 299 g/mol. The van der Waals surface area contributed by atoms with E-state index in [2.05, 4.69) is 52.4 Å². The van der Waals surface area contributed by atoms with E-state index in [0.717, 1.165) is 23.7 Å². The van der Waals surface area contributed by atoms with Crippen LogP contribution in [-0.2, 0) is 11.2 Å². The third kappa shape index (κ3) is 5.66. The van der Waals surface area contributed by atoms with E-state index in [0.29, 0.717) is 12.1 Å². The molecule has 1 aromatic rings. The van der Waals surface area contributed by atoms with E-state index in [1.165, 1.54) is 5.56 Å². The van der Waals surface area contributed by atoms with Gasteiger partial charge in [-0.3, -0.25) is 0 Å². The molecule has 1 aromatic carbocycles. The summed E-state index contributed by atoms with van der Waals surface area (Å²) in [5.74, 6) is 0. The molecule has 2 atom stereocenters. The van der Waals surface area contributed by atoms with E-state index in [9.17, 15) is 0 Å². The molecule has 0 saturated heterocycles. The van der Waals surface area contributed by atoms with Crippen LogP contribution in [0.1, 0.15) is 25.3 Å². The van der Waals surface area contributed by atoms with E-state index in [1.807, 2.05) is 7.05 Å². The molecular weight excluding hydrogens is 278 g/mol. The number of halogens is 1. The van der Waals surface area contributed by atoms with Gasteiger partial charge in [0.2, 0.25) is 0 Å². The zero-order valence-electron chi connectivity index (χ0n) is 10.9. The number of nitrogens with one attached hydrogen (secondary N) is 1. The molecule has 3 heteroatoms. The predicted molar refractivity (Wildman–Crippen MR) is 76.4 cm³/mol. The van der Waals surface area contributed by atoms with Gasteiger partial charge in [-0.15, -0.1) is 0 Å². The fourth-order valence-electron chi connectivity index (χ4n) is 1.85. The molecule has 2 unspecified atom stereocenters. The average Bonchev–Trinajstić information content (AvgIpc) is 2.34. The summed E-state index contributed by atoms with van der Waals surface area (Å²) in [4.78, 5) is 0. The Bertz CT molecular complexity index is 330. The van der Waals surface area contributed by atoms with Gasteiger partial charge in [0.25, 0.3) is 0 Å². The first-order chi connectivity index (χ1) is 8.15. The number of benzene rings is 1. The van der Waals surface area contributed by atoms with Crippen molar-refractivity contribution in [1.82, 2.24) is 5.32 Å². The molecule has 0 aliphatic rings. The third-order valence-corrected chi connectivity index (χ3v) is 3.60. The maximum absolute atomic E-state index is 5.28. The van der Waals surface area contributed by atoms with Gasteiger partial charge in [-0.2, -0.15) is 0 Å². The normalized spacial score (nSPS) is 14.6. The summed E-state index contributed by atoms with van der Waals surface area (Å²) < 4.78 is 6.43. The molecule has 0 aromatic heterocycles. The van der Waals surface area contributed by atoms with E-state index in [4.69, 9.17) is 4.74 Å². The summed E-state index contributed by atoms with van der Waals surface area (Å²) in [7, 11) is 3.80. The summed E-state index contributed by atoms with van der Waals surface area (Å²) in [6, 6.07) is 9.02. The smallest absolute Gasteiger partial charge is 0.0543 e. The van der Waals surface area contributed by atoms with Gasteiger partial charge in [0, 0.05) is 17.6 Å². The number of hydrogen-bond donors (Lipinski definition) is 1. The Morgan fingerprint density at radius 3 is 2.71 bits per heavy atom. The van der Waals surface area contributed by atoms with Gasteiger partial charge in [-0.1, -0.05) is 28.1 Å². The predicted octanol–water partition coefficient (Wildman–Crippen LogP) is 3.39. The van der Waals surface area contributed by atoms with Gasteiger partial charge in [0.05, 0.1) is 6.10 Å². The standard InChI is InChI=1S/C14H22BrNO/c1-11(17-3)7-8-14(16-2)10-12-5-4-6-13(15)9-12/h4-6,9,11,14,16H,7-8,10H2,1-3H3. The molecule has 17 heavy (non-hydrogen) atoms. The van der Waals surface area contributed by atoms with E-state index >= 15 is 0 Å². The second-order valence-electron chi connectivity index (χ2n) is 4.44. The highest BCUT2D eigenvalue weighted by molar-refractivity contribution is 9.10. The molecule has 0 bridgehead atoms. The van der Waals surface area contributed by atoms with Crippen LogP contribution in [0.15, 0.2) is 28.7 Å². The fourth-order valence-corrected chi connectivity index (χ4v) is 2.30. The Labute approximate surface area is 113 Å². The van der Waals surface area contributed by atoms with Crippen molar-refractivity contribution in [2.75, 3.05) is 14.2 Å². The molecule has 0 amide bonds. The molecule has 96 valence electrons. The van der Waals surface area contributed by atoms with Crippen LogP contribution in [0.5, 0.6) is 0 Å². The minimum atomic E-state index is 0.341. The van der Waals surface area contributed by atoms with Crippen LogP contribution >= 0.6 is 15.9 Å². The van der Waals surface area contributed by atoms with E-state index in [1.54, 1.807) is 7.11 Å². The van der Waals surface area contributed by atoms with Crippen LogP contribution in [0.25, 0.3) is 0 Å². The maximum Gasteiger partial charge on any atom is 0.0543 e. The lowest BCUT2D eigenvalue weighted by Crippen LogP contribution is -2.28. The second-order valence-corrected chi connectivity index (χ2v) is 5.36. The van der Waals surface area contributed by atoms with Gasteiger partial charge >= 0.3 is 0 Å². The molecule has 0 saturated carbocycles. The fraction of sp³-hybridized carbons (Fsp3) is 0.571. The Morgan fingerprint density at radius 2 is 2.12 bits per heavy atom. The first-order valence-corrected chi connectivity index (χ1v) is 6.89. The van der Waals surface area contributed by atoms with Crippen molar-refractivity contribution >= 4 is 15.9 Å². The minimum absolute atomic E-state index is 0.341. The quantitative estimate of drug-likeness (QED) is 0.833. The van der Waals surface area contributed by atoms with Crippen molar-refractivity contribution in [3.63, 3.8) is 0 Å². The highest BCUT2D eigenvalue weighted by Gasteiger charge is 2.09. The Kier molecular flexibility index (Phi) is 6.78. The summed E-state index contributed by atoms with van der Waals surface area (Å²) in [5.41, 5.74) is 1.36. The molecular formula is C14H22BrNO. The van der Waals surface area contributed by atoms with Gasteiger partial charge < -0.3 is 10.1 Å². The highest BCUT2D eigenvalue weighted by atomic mass is 79.9. The molecule has 1 rings (SSSR count). The minimum Gasteiger partial charge on any atom is -0.382 e. The Hall–Kier alpha value is -0.380. The molecule has 2 nitrogen and oxygen atoms in total. The molecule has 0 fully saturated rings. The molecule has 1 N–H and O–H groups in total. The van der Waals surface area contributed by atoms with Crippen LogP contribution in [0, 0.1) is 0 Å².